The predicted molar refractivity (Wildman–Crippen MR) is 96.5 cm³/mol. The summed E-state index contributed by atoms with van der Waals surface area (Å²) in [4.78, 5) is 11.9. The molecular formula is C19H25N3O4. The van der Waals surface area contributed by atoms with Crippen LogP contribution >= 0.6 is 0 Å². The van der Waals surface area contributed by atoms with E-state index in [9.17, 15) is 9.90 Å². The predicted octanol–water partition coefficient (Wildman–Crippen LogP) is 2.24. The number of carboxylic acids is 1. The standard InChI is InChI=1S/C19H25N3O4/c1-14(19(18(23)24)6-10-26-11-7-19)20-13-15-4-5-16(12-17(15)25-2)22-9-3-8-21-22/h3-5,8-9,12,14,20H,6-7,10-11,13H2,1-2H3,(H,23,24). The van der Waals surface area contributed by atoms with Crippen molar-refractivity contribution in [3.8, 4) is 11.4 Å². The first kappa shape index (κ1) is 18.4. The van der Waals surface area contributed by atoms with Crippen molar-refractivity contribution in [2.24, 2.45) is 5.41 Å². The molecule has 1 fully saturated rings. The number of aromatic nitrogens is 2. The number of nitrogens with zero attached hydrogens (tertiary/aromatic N) is 2. The Labute approximate surface area is 152 Å². The molecule has 1 aliphatic heterocycles. The Hall–Kier alpha value is -2.38. The number of benzene rings is 1. The third-order valence-electron chi connectivity index (χ3n) is 5.28. The van der Waals surface area contributed by atoms with Crippen LogP contribution in [0.5, 0.6) is 5.75 Å². The van der Waals surface area contributed by atoms with Gasteiger partial charge in [-0.2, -0.15) is 5.10 Å². The average Bonchev–Trinajstić information content (AvgIpc) is 3.21. The molecule has 0 saturated carbocycles. The van der Waals surface area contributed by atoms with Crippen molar-refractivity contribution in [3.63, 3.8) is 0 Å². The lowest BCUT2D eigenvalue weighted by molar-refractivity contribution is -0.157. The summed E-state index contributed by atoms with van der Waals surface area (Å²) in [6, 6.07) is 7.56. The number of hydrogen-bond donors (Lipinski definition) is 2. The number of carbonyl (C=O) groups is 1. The molecule has 3 rings (SSSR count). The molecule has 1 aromatic carbocycles. The summed E-state index contributed by atoms with van der Waals surface area (Å²) in [7, 11) is 1.63. The molecular weight excluding hydrogens is 334 g/mol. The number of hydrogen-bond acceptors (Lipinski definition) is 5. The quantitative estimate of drug-likeness (QED) is 0.789. The van der Waals surface area contributed by atoms with Crippen molar-refractivity contribution < 1.29 is 19.4 Å². The Bertz CT molecular complexity index is 739. The molecule has 0 amide bonds. The van der Waals surface area contributed by atoms with Gasteiger partial charge in [-0.1, -0.05) is 6.07 Å². The van der Waals surface area contributed by atoms with E-state index in [1.807, 2.05) is 37.4 Å². The zero-order chi connectivity index (χ0) is 18.6. The molecule has 1 atom stereocenters. The van der Waals surface area contributed by atoms with Crippen LogP contribution in [0.4, 0.5) is 0 Å². The zero-order valence-electron chi connectivity index (χ0n) is 15.1. The fourth-order valence-electron chi connectivity index (χ4n) is 3.47. The maximum atomic E-state index is 11.9. The van der Waals surface area contributed by atoms with E-state index < -0.39 is 11.4 Å². The van der Waals surface area contributed by atoms with Gasteiger partial charge in [0.25, 0.3) is 0 Å². The Kier molecular flexibility index (Phi) is 5.58. The molecule has 0 bridgehead atoms. The lowest BCUT2D eigenvalue weighted by Crippen LogP contribution is -2.51. The summed E-state index contributed by atoms with van der Waals surface area (Å²) in [5.74, 6) is -0.0177. The van der Waals surface area contributed by atoms with Gasteiger partial charge in [-0.05, 0) is 31.9 Å². The van der Waals surface area contributed by atoms with E-state index in [2.05, 4.69) is 10.4 Å². The number of rotatable bonds is 7. The number of methoxy groups -OCH3 is 1. The molecule has 1 aliphatic rings. The number of ether oxygens (including phenoxy) is 2. The molecule has 0 aliphatic carbocycles. The summed E-state index contributed by atoms with van der Waals surface area (Å²) in [6.45, 7) is 3.43. The van der Waals surface area contributed by atoms with Gasteiger partial charge in [-0.25, -0.2) is 4.68 Å². The molecule has 1 saturated heterocycles. The van der Waals surface area contributed by atoms with Crippen LogP contribution in [0, 0.1) is 5.41 Å². The number of carboxylic acid groups (broad SMARTS) is 1. The highest BCUT2D eigenvalue weighted by Gasteiger charge is 2.44. The first-order valence-corrected chi connectivity index (χ1v) is 8.78. The lowest BCUT2D eigenvalue weighted by atomic mass is 9.74. The van der Waals surface area contributed by atoms with Crippen molar-refractivity contribution in [2.75, 3.05) is 20.3 Å². The van der Waals surface area contributed by atoms with E-state index >= 15 is 0 Å². The van der Waals surface area contributed by atoms with Crippen molar-refractivity contribution >= 4 is 5.97 Å². The van der Waals surface area contributed by atoms with Gasteiger partial charge in [0.15, 0.2) is 0 Å². The van der Waals surface area contributed by atoms with Crippen molar-refractivity contribution in [1.82, 2.24) is 15.1 Å². The van der Waals surface area contributed by atoms with Crippen LogP contribution in [-0.2, 0) is 16.1 Å². The number of aliphatic carboxylic acids is 1. The van der Waals surface area contributed by atoms with Crippen LogP contribution in [-0.4, -0.2) is 47.2 Å². The van der Waals surface area contributed by atoms with Crippen molar-refractivity contribution in [3.05, 3.63) is 42.2 Å². The molecule has 7 heteroatoms. The van der Waals surface area contributed by atoms with E-state index in [1.165, 1.54) is 0 Å². The second kappa shape index (κ2) is 7.88. The lowest BCUT2D eigenvalue weighted by Gasteiger charge is -2.38. The van der Waals surface area contributed by atoms with Gasteiger partial charge in [-0.15, -0.1) is 0 Å². The maximum Gasteiger partial charge on any atom is 0.311 e. The monoisotopic (exact) mass is 359 g/mol. The van der Waals surface area contributed by atoms with Gasteiger partial charge in [0, 0.05) is 49.8 Å². The van der Waals surface area contributed by atoms with Crippen LogP contribution in [0.1, 0.15) is 25.3 Å². The van der Waals surface area contributed by atoms with Crippen LogP contribution in [0.2, 0.25) is 0 Å². The third kappa shape index (κ3) is 3.59. The largest absolute Gasteiger partial charge is 0.496 e. The second-order valence-corrected chi connectivity index (χ2v) is 6.62. The van der Waals surface area contributed by atoms with Gasteiger partial charge in [0.05, 0.1) is 18.2 Å². The van der Waals surface area contributed by atoms with E-state index in [1.54, 1.807) is 18.0 Å². The Morgan fingerprint density at radius 2 is 2.23 bits per heavy atom. The molecule has 0 spiro atoms. The number of nitrogens with one attached hydrogen (secondary N) is 1. The Balaban J connectivity index is 1.73. The molecule has 1 unspecified atom stereocenters. The minimum absolute atomic E-state index is 0.181. The van der Waals surface area contributed by atoms with Gasteiger partial charge >= 0.3 is 5.97 Å². The van der Waals surface area contributed by atoms with Gasteiger partial charge in [0.2, 0.25) is 0 Å². The molecule has 2 N–H and O–H groups in total. The summed E-state index contributed by atoms with van der Waals surface area (Å²) in [6.07, 6.45) is 4.64. The first-order chi connectivity index (χ1) is 12.6. The topological polar surface area (TPSA) is 85.6 Å². The Morgan fingerprint density at radius 3 is 2.85 bits per heavy atom. The summed E-state index contributed by atoms with van der Waals surface area (Å²) in [5.41, 5.74) is 1.10. The highest BCUT2D eigenvalue weighted by Crippen LogP contribution is 2.35. The third-order valence-corrected chi connectivity index (χ3v) is 5.28. The maximum absolute atomic E-state index is 11.9. The van der Waals surface area contributed by atoms with Gasteiger partial charge < -0.3 is 19.9 Å². The normalized spacial score (nSPS) is 17.6. The van der Waals surface area contributed by atoms with E-state index in [0.717, 1.165) is 17.0 Å². The Morgan fingerprint density at radius 1 is 1.46 bits per heavy atom. The average molecular weight is 359 g/mol. The summed E-state index contributed by atoms with van der Waals surface area (Å²) >= 11 is 0. The summed E-state index contributed by atoms with van der Waals surface area (Å²) < 4.78 is 12.6. The van der Waals surface area contributed by atoms with Crippen molar-refractivity contribution in [1.29, 1.82) is 0 Å². The van der Waals surface area contributed by atoms with E-state index in [4.69, 9.17) is 9.47 Å². The highest BCUT2D eigenvalue weighted by molar-refractivity contribution is 5.75. The molecule has 140 valence electrons. The fourth-order valence-corrected chi connectivity index (χ4v) is 3.47. The van der Waals surface area contributed by atoms with Crippen molar-refractivity contribution in [2.45, 2.75) is 32.4 Å². The molecule has 1 aromatic heterocycles. The fraction of sp³-hybridized carbons (Fsp3) is 0.474. The zero-order valence-corrected chi connectivity index (χ0v) is 15.1. The molecule has 2 aromatic rings. The van der Waals surface area contributed by atoms with Crippen LogP contribution < -0.4 is 10.1 Å². The summed E-state index contributed by atoms with van der Waals surface area (Å²) in [5, 5.41) is 17.4. The molecule has 0 radical (unpaired) electrons. The van der Waals surface area contributed by atoms with Crippen LogP contribution in [0.3, 0.4) is 0 Å². The van der Waals surface area contributed by atoms with E-state index in [-0.39, 0.29) is 6.04 Å². The highest BCUT2D eigenvalue weighted by atomic mass is 16.5. The minimum Gasteiger partial charge on any atom is -0.496 e. The second-order valence-electron chi connectivity index (χ2n) is 6.62. The van der Waals surface area contributed by atoms with Crippen LogP contribution in [0.15, 0.2) is 36.7 Å². The van der Waals surface area contributed by atoms with Crippen LogP contribution in [0.25, 0.3) is 5.69 Å². The first-order valence-electron chi connectivity index (χ1n) is 8.78. The molecule has 26 heavy (non-hydrogen) atoms. The van der Waals surface area contributed by atoms with E-state index in [0.29, 0.717) is 32.6 Å². The molecule has 7 nitrogen and oxygen atoms in total. The van der Waals surface area contributed by atoms with Gasteiger partial charge in [-0.3, -0.25) is 4.79 Å². The SMILES string of the molecule is COc1cc(-n2cccn2)ccc1CNC(C)C1(C(=O)O)CCOCC1. The van der Waals surface area contributed by atoms with Gasteiger partial charge in [0.1, 0.15) is 5.75 Å². The molecule has 2 heterocycles. The smallest absolute Gasteiger partial charge is 0.311 e. The minimum atomic E-state index is -0.791.